The molecule has 0 aliphatic rings. The Balaban J connectivity index is 1.98. The highest BCUT2D eigenvalue weighted by Crippen LogP contribution is 2.26. The molecule has 22 heavy (non-hydrogen) atoms. The molecule has 116 valence electrons. The lowest BCUT2D eigenvalue weighted by Gasteiger charge is -2.11. The van der Waals surface area contributed by atoms with E-state index in [0.717, 1.165) is 15.6 Å². The summed E-state index contributed by atoms with van der Waals surface area (Å²) in [5.41, 5.74) is 2.17. The molecule has 0 atom stereocenters. The number of amides is 1. The van der Waals surface area contributed by atoms with Crippen molar-refractivity contribution in [2.45, 2.75) is 13.8 Å². The van der Waals surface area contributed by atoms with Crippen molar-refractivity contribution in [1.29, 1.82) is 0 Å². The van der Waals surface area contributed by atoms with Crippen LogP contribution in [0.3, 0.4) is 0 Å². The first kappa shape index (κ1) is 17.0. The minimum absolute atomic E-state index is 0.125. The van der Waals surface area contributed by atoms with E-state index in [1.54, 1.807) is 6.07 Å². The Morgan fingerprint density at radius 2 is 1.82 bits per heavy atom. The summed E-state index contributed by atoms with van der Waals surface area (Å²) in [6.45, 7) is 3.71. The van der Waals surface area contributed by atoms with Crippen LogP contribution in [0.5, 0.6) is 5.75 Å². The Morgan fingerprint density at radius 3 is 2.41 bits per heavy atom. The molecule has 0 fully saturated rings. The minimum Gasteiger partial charge on any atom is -0.484 e. The van der Waals surface area contributed by atoms with Crippen LogP contribution in [0.2, 0.25) is 0 Å². The van der Waals surface area contributed by atoms with Crippen molar-refractivity contribution in [3.63, 3.8) is 0 Å². The highest BCUT2D eigenvalue weighted by Gasteiger charge is 2.09. The van der Waals surface area contributed by atoms with E-state index in [4.69, 9.17) is 4.74 Å². The van der Waals surface area contributed by atoms with Crippen molar-refractivity contribution < 1.29 is 13.9 Å². The van der Waals surface area contributed by atoms with Crippen LogP contribution in [0.25, 0.3) is 0 Å². The minimum atomic E-state index is -0.502. The second-order valence-corrected chi connectivity index (χ2v) is 6.54. The predicted molar refractivity (Wildman–Crippen MR) is 91.8 cm³/mol. The van der Waals surface area contributed by atoms with Gasteiger partial charge in [-0.3, -0.25) is 4.79 Å². The Labute approximate surface area is 145 Å². The molecule has 3 nitrogen and oxygen atoms in total. The Kier molecular flexibility index (Phi) is 5.58. The molecule has 0 aliphatic heterocycles. The highest BCUT2D eigenvalue weighted by molar-refractivity contribution is 9.10. The molecule has 0 aromatic heterocycles. The molecular formula is C16H14Br2FNO2. The standard InChI is InChI=1S/C16H14Br2FNO2/c1-9-5-12(6-10(2)16(9)18)22-8-15(21)20-14-4-3-11(17)7-13(14)19/h3-7H,8H2,1-2H3,(H,20,21). The molecule has 1 N–H and O–H groups in total. The van der Waals surface area contributed by atoms with Crippen molar-refractivity contribution >= 4 is 43.5 Å². The van der Waals surface area contributed by atoms with Gasteiger partial charge >= 0.3 is 0 Å². The second-order valence-electron chi connectivity index (χ2n) is 4.83. The molecule has 0 spiro atoms. The lowest BCUT2D eigenvalue weighted by Crippen LogP contribution is -2.20. The monoisotopic (exact) mass is 429 g/mol. The first-order valence-electron chi connectivity index (χ1n) is 6.51. The third-order valence-electron chi connectivity index (χ3n) is 2.99. The molecule has 0 unspecified atom stereocenters. The topological polar surface area (TPSA) is 38.3 Å². The Morgan fingerprint density at radius 1 is 1.18 bits per heavy atom. The normalized spacial score (nSPS) is 10.4. The van der Waals surface area contributed by atoms with E-state index in [2.05, 4.69) is 37.2 Å². The van der Waals surface area contributed by atoms with Gasteiger partial charge in [0.25, 0.3) is 5.91 Å². The summed E-state index contributed by atoms with van der Waals surface area (Å²) in [4.78, 5) is 11.8. The van der Waals surface area contributed by atoms with Crippen LogP contribution in [-0.4, -0.2) is 12.5 Å². The van der Waals surface area contributed by atoms with Gasteiger partial charge in [-0.05, 0) is 55.3 Å². The predicted octanol–water partition coefficient (Wildman–Crippen LogP) is 4.99. The summed E-state index contributed by atoms with van der Waals surface area (Å²) in [6.07, 6.45) is 0. The fraction of sp³-hybridized carbons (Fsp3) is 0.188. The first-order chi connectivity index (χ1) is 10.4. The average Bonchev–Trinajstić information content (AvgIpc) is 2.45. The molecule has 0 radical (unpaired) electrons. The zero-order valence-electron chi connectivity index (χ0n) is 12.0. The van der Waals surface area contributed by atoms with Crippen molar-refractivity contribution in [3.05, 3.63) is 56.2 Å². The maximum Gasteiger partial charge on any atom is 0.262 e. The summed E-state index contributed by atoms with van der Waals surface area (Å²) >= 11 is 6.63. The third-order valence-corrected chi connectivity index (χ3v) is 4.73. The zero-order chi connectivity index (χ0) is 16.3. The summed E-state index contributed by atoms with van der Waals surface area (Å²) in [5.74, 6) is -0.317. The summed E-state index contributed by atoms with van der Waals surface area (Å²) in [5, 5.41) is 2.48. The van der Waals surface area contributed by atoms with Crippen molar-refractivity contribution in [1.82, 2.24) is 0 Å². The SMILES string of the molecule is Cc1cc(OCC(=O)Nc2ccc(Br)cc2F)cc(C)c1Br. The van der Waals surface area contributed by atoms with E-state index in [1.165, 1.54) is 12.1 Å². The number of aryl methyl sites for hydroxylation is 2. The van der Waals surface area contributed by atoms with Gasteiger partial charge in [0.05, 0.1) is 5.69 Å². The van der Waals surface area contributed by atoms with Gasteiger partial charge in [-0.15, -0.1) is 0 Å². The number of carbonyl (C=O) groups excluding carboxylic acids is 1. The van der Waals surface area contributed by atoms with Gasteiger partial charge in [0, 0.05) is 8.95 Å². The Hall–Kier alpha value is -1.40. The van der Waals surface area contributed by atoms with Crippen LogP contribution in [0.4, 0.5) is 10.1 Å². The molecule has 6 heteroatoms. The quantitative estimate of drug-likeness (QED) is 0.742. The fourth-order valence-electron chi connectivity index (χ4n) is 1.92. The number of carbonyl (C=O) groups is 1. The number of hydrogen-bond donors (Lipinski definition) is 1. The zero-order valence-corrected chi connectivity index (χ0v) is 15.2. The van der Waals surface area contributed by atoms with Gasteiger partial charge in [-0.1, -0.05) is 31.9 Å². The van der Waals surface area contributed by atoms with Crippen LogP contribution in [0, 0.1) is 19.7 Å². The molecule has 2 rings (SSSR count). The van der Waals surface area contributed by atoms with Crippen molar-refractivity contribution in [2.75, 3.05) is 11.9 Å². The van der Waals surface area contributed by atoms with Crippen LogP contribution < -0.4 is 10.1 Å². The molecule has 0 heterocycles. The van der Waals surface area contributed by atoms with E-state index in [-0.39, 0.29) is 12.3 Å². The van der Waals surface area contributed by atoms with Gasteiger partial charge in [0.15, 0.2) is 6.61 Å². The van der Waals surface area contributed by atoms with Gasteiger partial charge in [0.1, 0.15) is 11.6 Å². The largest absolute Gasteiger partial charge is 0.484 e. The van der Waals surface area contributed by atoms with E-state index < -0.39 is 11.7 Å². The first-order valence-corrected chi connectivity index (χ1v) is 8.10. The van der Waals surface area contributed by atoms with Gasteiger partial charge in [0.2, 0.25) is 0 Å². The number of ether oxygens (including phenoxy) is 1. The molecule has 0 aliphatic carbocycles. The number of benzene rings is 2. The molecule has 2 aromatic rings. The van der Waals surface area contributed by atoms with Crippen molar-refractivity contribution in [2.24, 2.45) is 0 Å². The fourth-order valence-corrected chi connectivity index (χ4v) is 2.48. The number of rotatable bonds is 4. The molecule has 0 saturated heterocycles. The molecule has 0 bridgehead atoms. The highest BCUT2D eigenvalue weighted by atomic mass is 79.9. The lowest BCUT2D eigenvalue weighted by atomic mass is 10.1. The van der Waals surface area contributed by atoms with Crippen molar-refractivity contribution in [3.8, 4) is 5.75 Å². The number of anilines is 1. The maximum atomic E-state index is 13.6. The van der Waals surface area contributed by atoms with Gasteiger partial charge in [-0.2, -0.15) is 0 Å². The summed E-state index contributed by atoms with van der Waals surface area (Å²) in [6, 6.07) is 8.11. The van der Waals surface area contributed by atoms with Gasteiger partial charge < -0.3 is 10.1 Å². The number of nitrogens with one attached hydrogen (secondary N) is 1. The van der Waals surface area contributed by atoms with Crippen LogP contribution in [0.1, 0.15) is 11.1 Å². The second kappa shape index (κ2) is 7.24. The van der Waals surface area contributed by atoms with Gasteiger partial charge in [-0.25, -0.2) is 4.39 Å². The maximum absolute atomic E-state index is 13.6. The molecule has 0 saturated carbocycles. The number of halogens is 3. The van der Waals surface area contributed by atoms with E-state index >= 15 is 0 Å². The molecule has 2 aromatic carbocycles. The summed E-state index contributed by atoms with van der Waals surface area (Å²) in [7, 11) is 0. The number of hydrogen-bond acceptors (Lipinski definition) is 2. The average molecular weight is 431 g/mol. The molecular weight excluding hydrogens is 417 g/mol. The summed E-state index contributed by atoms with van der Waals surface area (Å²) < 4.78 is 20.7. The van der Waals surface area contributed by atoms with Crippen LogP contribution >= 0.6 is 31.9 Å². The van der Waals surface area contributed by atoms with Crippen LogP contribution in [0.15, 0.2) is 39.3 Å². The van der Waals surface area contributed by atoms with E-state index in [9.17, 15) is 9.18 Å². The third kappa shape index (κ3) is 4.30. The molecule has 1 amide bonds. The Bertz CT molecular complexity index is 696. The van der Waals surface area contributed by atoms with E-state index in [0.29, 0.717) is 10.2 Å². The van der Waals surface area contributed by atoms with E-state index in [1.807, 2.05) is 26.0 Å². The van der Waals surface area contributed by atoms with Crippen LogP contribution in [-0.2, 0) is 4.79 Å². The smallest absolute Gasteiger partial charge is 0.262 e. The lowest BCUT2D eigenvalue weighted by molar-refractivity contribution is -0.118.